The Bertz CT molecular complexity index is 344. The van der Waals surface area contributed by atoms with Gasteiger partial charge in [0, 0.05) is 0 Å². The highest BCUT2D eigenvalue weighted by Gasteiger charge is 2.27. The smallest absolute Gasteiger partial charge is 0.255 e. The van der Waals surface area contributed by atoms with Gasteiger partial charge in [0.1, 0.15) is 0 Å². The summed E-state index contributed by atoms with van der Waals surface area (Å²) >= 11 is 5.94. The molecule has 8 heteroatoms. The Morgan fingerprint density at radius 2 is 2.15 bits per heavy atom. The van der Waals surface area contributed by atoms with E-state index in [4.69, 9.17) is 11.6 Å². The highest BCUT2D eigenvalue weighted by atomic mass is 35.5. The molecule has 0 saturated carbocycles. The Morgan fingerprint density at radius 1 is 1.54 bits per heavy atom. The van der Waals surface area contributed by atoms with Crippen LogP contribution in [0.4, 0.5) is 13.2 Å². The van der Waals surface area contributed by atoms with E-state index in [2.05, 4.69) is 5.10 Å². The maximum atomic E-state index is 11.7. The summed E-state index contributed by atoms with van der Waals surface area (Å²) in [6.45, 7) is -0.481. The van der Waals surface area contributed by atoms with Gasteiger partial charge < -0.3 is 0 Å². The molecule has 0 aliphatic carbocycles. The van der Waals surface area contributed by atoms with E-state index < -0.39 is 24.0 Å². The van der Waals surface area contributed by atoms with Crippen LogP contribution in [0, 0.1) is 0 Å². The molecule has 0 amide bonds. The van der Waals surface area contributed by atoms with E-state index in [-0.39, 0.29) is 4.47 Å². The molecule has 1 aromatic rings. The Kier molecular flexibility index (Phi) is 2.97. The van der Waals surface area contributed by atoms with Gasteiger partial charge in [-0.1, -0.05) is 0 Å². The summed E-state index contributed by atoms with van der Waals surface area (Å²) in [6, 6.07) is 0. The molecule has 13 heavy (non-hydrogen) atoms. The summed E-state index contributed by atoms with van der Waals surface area (Å²) in [5, 5.41) is 3.40. The van der Waals surface area contributed by atoms with Crippen molar-refractivity contribution in [1.29, 1.82) is 0 Å². The summed E-state index contributed by atoms with van der Waals surface area (Å²) in [7, 11) is 0. The first-order chi connectivity index (χ1) is 5.88. The lowest BCUT2D eigenvalue weighted by Gasteiger charge is -2.04. The Labute approximate surface area is 79.7 Å². The molecule has 3 nitrogen and oxygen atoms in total. The normalized spacial score (nSPS) is 12.0. The zero-order chi connectivity index (χ0) is 10.1. The van der Waals surface area contributed by atoms with Gasteiger partial charge in [-0.15, -0.1) is 5.10 Å². The van der Waals surface area contributed by atoms with E-state index in [0.29, 0.717) is 16.0 Å². The third-order valence-corrected chi connectivity index (χ3v) is 2.13. The van der Waals surface area contributed by atoms with Crippen LogP contribution in [0.1, 0.15) is 6.42 Å². The van der Waals surface area contributed by atoms with E-state index in [9.17, 15) is 18.0 Å². The van der Waals surface area contributed by atoms with Gasteiger partial charge in [-0.2, -0.15) is 13.2 Å². The van der Waals surface area contributed by atoms with Crippen molar-refractivity contribution >= 4 is 22.9 Å². The average molecular weight is 233 g/mol. The molecule has 0 saturated heterocycles. The fourth-order valence-electron chi connectivity index (χ4n) is 0.655. The first-order valence-corrected chi connectivity index (χ1v) is 4.38. The molecular weight excluding hydrogens is 229 g/mol. The predicted molar refractivity (Wildman–Crippen MR) is 42.1 cm³/mol. The van der Waals surface area contributed by atoms with Crippen molar-refractivity contribution in [3.8, 4) is 0 Å². The van der Waals surface area contributed by atoms with Gasteiger partial charge in [0.2, 0.25) is 4.47 Å². The zero-order valence-electron chi connectivity index (χ0n) is 6.14. The van der Waals surface area contributed by atoms with Gasteiger partial charge in [0.05, 0.1) is 13.0 Å². The van der Waals surface area contributed by atoms with Crippen molar-refractivity contribution in [2.45, 2.75) is 19.1 Å². The molecule has 1 rings (SSSR count). The molecule has 1 aromatic heterocycles. The van der Waals surface area contributed by atoms with Gasteiger partial charge >= 0.3 is 11.0 Å². The summed E-state index contributed by atoms with van der Waals surface area (Å²) in [4.78, 5) is 10.2. The van der Waals surface area contributed by atoms with Gasteiger partial charge in [-0.25, -0.2) is 4.68 Å². The van der Waals surface area contributed by atoms with E-state index in [1.54, 1.807) is 0 Å². The number of rotatable bonds is 2. The van der Waals surface area contributed by atoms with Crippen LogP contribution in [0.2, 0.25) is 4.47 Å². The highest BCUT2D eigenvalue weighted by molar-refractivity contribution is 7.13. The Balaban J connectivity index is 2.65. The molecule has 0 radical (unpaired) electrons. The molecule has 0 aliphatic heterocycles. The molecule has 0 atom stereocenters. The van der Waals surface area contributed by atoms with Crippen LogP contribution in [0.15, 0.2) is 4.79 Å². The lowest BCUT2D eigenvalue weighted by atomic mass is 10.4. The van der Waals surface area contributed by atoms with Crippen LogP contribution in [0.5, 0.6) is 0 Å². The van der Waals surface area contributed by atoms with Crippen molar-refractivity contribution in [3.63, 3.8) is 0 Å². The molecule has 0 fully saturated rings. The maximum absolute atomic E-state index is 11.7. The van der Waals surface area contributed by atoms with E-state index in [1.807, 2.05) is 0 Å². The van der Waals surface area contributed by atoms with Crippen molar-refractivity contribution in [1.82, 2.24) is 9.78 Å². The largest absolute Gasteiger partial charge is 0.390 e. The second kappa shape index (κ2) is 3.67. The Morgan fingerprint density at radius 3 is 2.54 bits per heavy atom. The number of halogens is 4. The minimum absolute atomic E-state index is 0.0489. The van der Waals surface area contributed by atoms with E-state index >= 15 is 0 Å². The number of aryl methyl sites for hydroxylation is 1. The molecule has 0 unspecified atom stereocenters. The van der Waals surface area contributed by atoms with Crippen molar-refractivity contribution in [3.05, 3.63) is 14.1 Å². The van der Waals surface area contributed by atoms with Crippen LogP contribution in [-0.4, -0.2) is 16.0 Å². The SMILES string of the molecule is O=c1sc(Cl)nn1CCC(F)(F)F. The summed E-state index contributed by atoms with van der Waals surface area (Å²) in [5.41, 5.74) is 0. The van der Waals surface area contributed by atoms with Crippen LogP contribution in [-0.2, 0) is 6.54 Å². The average Bonchev–Trinajstić information content (AvgIpc) is 2.24. The van der Waals surface area contributed by atoms with Crippen LogP contribution in [0.3, 0.4) is 0 Å². The van der Waals surface area contributed by atoms with E-state index in [0.717, 1.165) is 0 Å². The first kappa shape index (κ1) is 10.5. The summed E-state index contributed by atoms with van der Waals surface area (Å²) < 4.78 is 35.8. The molecule has 0 aliphatic rings. The zero-order valence-corrected chi connectivity index (χ0v) is 7.71. The second-order valence-corrected chi connectivity index (χ2v) is 3.73. The van der Waals surface area contributed by atoms with E-state index in [1.165, 1.54) is 0 Å². The standard InChI is InChI=1S/C5H4ClF3N2OS/c6-3-10-11(4(12)13-3)2-1-5(7,8)9/h1-2H2. The highest BCUT2D eigenvalue weighted by Crippen LogP contribution is 2.20. The fourth-order valence-corrected chi connectivity index (χ4v) is 1.47. The molecular formula is C5H4ClF3N2OS. The number of hydrogen-bond donors (Lipinski definition) is 0. The second-order valence-electron chi connectivity index (χ2n) is 2.21. The molecule has 0 N–H and O–H groups in total. The van der Waals surface area contributed by atoms with Gasteiger partial charge in [-0.3, -0.25) is 4.79 Å². The summed E-state index contributed by atoms with van der Waals surface area (Å²) in [6.07, 6.45) is -5.36. The van der Waals surface area contributed by atoms with Crippen LogP contribution < -0.4 is 4.87 Å². The predicted octanol–water partition coefficient (Wildman–Crippen LogP) is 1.91. The molecule has 0 spiro atoms. The van der Waals surface area contributed by atoms with Gasteiger partial charge in [0.25, 0.3) is 0 Å². The lowest BCUT2D eigenvalue weighted by Crippen LogP contribution is -2.19. The van der Waals surface area contributed by atoms with Crippen LogP contribution in [0.25, 0.3) is 0 Å². The van der Waals surface area contributed by atoms with Gasteiger partial charge in [-0.05, 0) is 22.9 Å². The molecule has 0 aromatic carbocycles. The minimum Gasteiger partial charge on any atom is -0.255 e. The third kappa shape index (κ3) is 3.35. The molecule has 74 valence electrons. The topological polar surface area (TPSA) is 34.9 Å². The Hall–Kier alpha value is -0.560. The van der Waals surface area contributed by atoms with Crippen LogP contribution >= 0.6 is 22.9 Å². The van der Waals surface area contributed by atoms with Crippen molar-refractivity contribution < 1.29 is 13.2 Å². The quantitative estimate of drug-likeness (QED) is 0.781. The number of alkyl halides is 3. The maximum Gasteiger partial charge on any atom is 0.390 e. The van der Waals surface area contributed by atoms with Crippen molar-refractivity contribution in [2.24, 2.45) is 0 Å². The fraction of sp³-hybridized carbons (Fsp3) is 0.600. The summed E-state index contributed by atoms with van der Waals surface area (Å²) in [5.74, 6) is 0. The minimum atomic E-state index is -4.28. The molecule has 0 bridgehead atoms. The third-order valence-electron chi connectivity index (χ3n) is 1.19. The number of aromatic nitrogens is 2. The molecule has 1 heterocycles. The monoisotopic (exact) mass is 232 g/mol. The first-order valence-electron chi connectivity index (χ1n) is 3.19. The lowest BCUT2D eigenvalue weighted by molar-refractivity contribution is -0.137. The number of hydrogen-bond acceptors (Lipinski definition) is 3. The number of nitrogens with zero attached hydrogens (tertiary/aromatic N) is 2. The van der Waals surface area contributed by atoms with Gasteiger partial charge in [0.15, 0.2) is 0 Å². The van der Waals surface area contributed by atoms with Crippen molar-refractivity contribution in [2.75, 3.05) is 0 Å².